The molecule has 1 aliphatic carbocycles. The molecule has 0 amide bonds. The fourth-order valence-electron chi connectivity index (χ4n) is 2.50. The third-order valence-corrected chi connectivity index (χ3v) is 3.52. The summed E-state index contributed by atoms with van der Waals surface area (Å²) in [4.78, 5) is 21.5. The van der Waals surface area contributed by atoms with Crippen LogP contribution in [0.25, 0.3) is 0 Å². The van der Waals surface area contributed by atoms with Crippen molar-refractivity contribution in [1.82, 2.24) is 4.98 Å². The molecule has 1 N–H and O–H groups in total. The average Bonchev–Trinajstić information content (AvgIpc) is 2.50. The summed E-state index contributed by atoms with van der Waals surface area (Å²) in [6.45, 7) is 4.15. The van der Waals surface area contributed by atoms with Crippen molar-refractivity contribution in [2.24, 2.45) is 5.16 Å². The third-order valence-electron chi connectivity index (χ3n) is 3.52. The molecule has 5 heteroatoms. The zero-order chi connectivity index (χ0) is 15.2. The maximum atomic E-state index is 12.4. The van der Waals surface area contributed by atoms with Gasteiger partial charge in [-0.2, -0.15) is 0 Å². The van der Waals surface area contributed by atoms with Crippen LogP contribution in [0, 0.1) is 0 Å². The molecule has 0 bridgehead atoms. The Morgan fingerprint density at radius 1 is 1.48 bits per heavy atom. The van der Waals surface area contributed by atoms with Crippen molar-refractivity contribution in [2.75, 3.05) is 6.61 Å². The number of aromatic nitrogens is 1. The van der Waals surface area contributed by atoms with E-state index >= 15 is 0 Å². The molecule has 1 aromatic rings. The van der Waals surface area contributed by atoms with E-state index in [2.05, 4.69) is 10.1 Å². The molecule has 0 aromatic carbocycles. The summed E-state index contributed by atoms with van der Waals surface area (Å²) in [5.74, 6) is -0.0199. The minimum Gasteiger partial charge on any atom is -0.511 e. The molecular formula is C16H20N2O3. The number of aliphatic hydroxyl groups is 1. The fraction of sp³-hybridized carbons (Fsp3) is 0.438. The summed E-state index contributed by atoms with van der Waals surface area (Å²) in [5, 5.41) is 14.2. The lowest BCUT2D eigenvalue weighted by Gasteiger charge is -2.23. The standard InChI is InChI=1S/C16H20N2O3/c1-3-13(18-21-4-2)16-14(19)8-12(9-15(16)20)11-6-5-7-17-10-11/h5-7,10,12,19H,3-4,8-9H2,1-2H3/b18-13+. The first-order valence-electron chi connectivity index (χ1n) is 7.21. The SMILES string of the molecule is CCO/N=C(\CC)C1=C(O)CC(c2cccnc2)CC1=O. The van der Waals surface area contributed by atoms with Crippen LogP contribution >= 0.6 is 0 Å². The number of aliphatic hydroxyl groups excluding tert-OH is 1. The van der Waals surface area contributed by atoms with E-state index in [0.717, 1.165) is 5.56 Å². The minimum atomic E-state index is -0.0899. The largest absolute Gasteiger partial charge is 0.511 e. The first-order valence-corrected chi connectivity index (χ1v) is 7.21. The number of oxime groups is 1. The van der Waals surface area contributed by atoms with E-state index in [-0.39, 0.29) is 17.5 Å². The Balaban J connectivity index is 2.27. The van der Waals surface area contributed by atoms with E-state index in [9.17, 15) is 9.90 Å². The maximum absolute atomic E-state index is 12.4. The highest BCUT2D eigenvalue weighted by Gasteiger charge is 2.31. The number of rotatable bonds is 5. The molecule has 112 valence electrons. The molecule has 1 aromatic heterocycles. The number of carbonyl (C=O) groups is 1. The molecule has 0 saturated heterocycles. The Morgan fingerprint density at radius 2 is 2.29 bits per heavy atom. The lowest BCUT2D eigenvalue weighted by Crippen LogP contribution is -2.23. The molecule has 0 saturated carbocycles. The van der Waals surface area contributed by atoms with E-state index in [1.807, 2.05) is 26.0 Å². The number of allylic oxidation sites excluding steroid dienone is 2. The first-order chi connectivity index (χ1) is 10.2. The van der Waals surface area contributed by atoms with Crippen molar-refractivity contribution < 1.29 is 14.7 Å². The van der Waals surface area contributed by atoms with E-state index < -0.39 is 0 Å². The highest BCUT2D eigenvalue weighted by atomic mass is 16.6. The van der Waals surface area contributed by atoms with Crippen molar-refractivity contribution in [3.05, 3.63) is 41.4 Å². The van der Waals surface area contributed by atoms with Gasteiger partial charge in [-0.15, -0.1) is 0 Å². The van der Waals surface area contributed by atoms with Gasteiger partial charge in [-0.05, 0) is 30.9 Å². The van der Waals surface area contributed by atoms with Gasteiger partial charge < -0.3 is 9.94 Å². The van der Waals surface area contributed by atoms with Crippen molar-refractivity contribution in [3.8, 4) is 0 Å². The van der Waals surface area contributed by atoms with Crippen LogP contribution in [-0.4, -0.2) is 28.2 Å². The maximum Gasteiger partial charge on any atom is 0.168 e. The normalized spacial score (nSPS) is 19.8. The van der Waals surface area contributed by atoms with Crippen LogP contribution in [0.4, 0.5) is 0 Å². The first kappa shape index (κ1) is 15.2. The molecule has 1 unspecified atom stereocenters. The van der Waals surface area contributed by atoms with Gasteiger partial charge in [0, 0.05) is 25.2 Å². The smallest absolute Gasteiger partial charge is 0.168 e. The Bertz CT molecular complexity index is 564. The second-order valence-corrected chi connectivity index (χ2v) is 4.95. The number of hydrogen-bond donors (Lipinski definition) is 1. The zero-order valence-corrected chi connectivity index (χ0v) is 12.4. The van der Waals surface area contributed by atoms with Gasteiger partial charge in [0.1, 0.15) is 12.4 Å². The molecule has 0 spiro atoms. The topological polar surface area (TPSA) is 71.8 Å². The van der Waals surface area contributed by atoms with Crippen molar-refractivity contribution in [2.45, 2.75) is 39.0 Å². The van der Waals surface area contributed by atoms with Crippen LogP contribution < -0.4 is 0 Å². The van der Waals surface area contributed by atoms with Crippen molar-refractivity contribution >= 4 is 11.5 Å². The minimum absolute atomic E-state index is 0.0276. The van der Waals surface area contributed by atoms with Crippen molar-refractivity contribution in [3.63, 3.8) is 0 Å². The van der Waals surface area contributed by atoms with Crippen LogP contribution in [-0.2, 0) is 9.63 Å². The molecule has 2 rings (SSSR count). The van der Waals surface area contributed by atoms with Crippen molar-refractivity contribution in [1.29, 1.82) is 0 Å². The summed E-state index contributed by atoms with van der Waals surface area (Å²) in [6, 6.07) is 3.77. The molecule has 0 aliphatic heterocycles. The Labute approximate surface area is 124 Å². The van der Waals surface area contributed by atoms with Gasteiger partial charge in [-0.3, -0.25) is 9.78 Å². The van der Waals surface area contributed by atoms with Gasteiger partial charge in [0.2, 0.25) is 0 Å². The number of pyridine rings is 1. The zero-order valence-electron chi connectivity index (χ0n) is 12.4. The van der Waals surface area contributed by atoms with Gasteiger partial charge in [0.05, 0.1) is 11.3 Å². The number of Topliss-reactive ketones (excluding diaryl/α,β-unsaturated/α-hetero) is 1. The van der Waals surface area contributed by atoms with Gasteiger partial charge in [0.25, 0.3) is 0 Å². The van der Waals surface area contributed by atoms with Crippen LogP contribution in [0.1, 0.15) is 44.6 Å². The van der Waals surface area contributed by atoms with E-state index in [4.69, 9.17) is 4.84 Å². The second-order valence-electron chi connectivity index (χ2n) is 4.95. The highest BCUT2D eigenvalue weighted by molar-refractivity contribution is 6.23. The number of nitrogens with zero attached hydrogens (tertiary/aromatic N) is 2. The molecular weight excluding hydrogens is 268 g/mol. The number of carbonyl (C=O) groups excluding carboxylic acids is 1. The molecule has 0 radical (unpaired) electrons. The van der Waals surface area contributed by atoms with E-state index in [1.54, 1.807) is 12.4 Å². The fourth-order valence-corrected chi connectivity index (χ4v) is 2.50. The van der Waals surface area contributed by atoms with Crippen LogP contribution in [0.3, 0.4) is 0 Å². The summed E-state index contributed by atoms with van der Waals surface area (Å²) in [6.07, 6.45) is 4.77. The number of hydrogen-bond acceptors (Lipinski definition) is 5. The quantitative estimate of drug-likeness (QED) is 0.667. The molecule has 1 atom stereocenters. The molecule has 1 aliphatic rings. The van der Waals surface area contributed by atoms with Crippen LogP contribution in [0.2, 0.25) is 0 Å². The monoisotopic (exact) mass is 288 g/mol. The Kier molecular flexibility index (Phi) is 5.09. The molecule has 21 heavy (non-hydrogen) atoms. The van der Waals surface area contributed by atoms with Gasteiger partial charge >= 0.3 is 0 Å². The van der Waals surface area contributed by atoms with Crippen LogP contribution in [0.15, 0.2) is 41.0 Å². The van der Waals surface area contributed by atoms with E-state index in [1.165, 1.54) is 0 Å². The molecule has 5 nitrogen and oxygen atoms in total. The lowest BCUT2D eigenvalue weighted by molar-refractivity contribution is -0.116. The van der Waals surface area contributed by atoms with Crippen LogP contribution in [0.5, 0.6) is 0 Å². The predicted molar refractivity (Wildman–Crippen MR) is 80.2 cm³/mol. The second kappa shape index (κ2) is 7.02. The molecule has 1 heterocycles. The number of ketones is 1. The predicted octanol–water partition coefficient (Wildman–Crippen LogP) is 3.14. The van der Waals surface area contributed by atoms with E-state index in [0.29, 0.717) is 37.2 Å². The lowest BCUT2D eigenvalue weighted by atomic mass is 9.81. The Hall–Kier alpha value is -2.17. The Morgan fingerprint density at radius 3 is 2.86 bits per heavy atom. The van der Waals surface area contributed by atoms with Gasteiger partial charge in [0.15, 0.2) is 5.78 Å². The van der Waals surface area contributed by atoms with Gasteiger partial charge in [-0.25, -0.2) is 0 Å². The molecule has 0 fully saturated rings. The third kappa shape index (κ3) is 3.48. The summed E-state index contributed by atoms with van der Waals surface area (Å²) < 4.78 is 0. The summed E-state index contributed by atoms with van der Waals surface area (Å²) in [5.41, 5.74) is 1.81. The highest BCUT2D eigenvalue weighted by Crippen LogP contribution is 2.34. The average molecular weight is 288 g/mol. The summed E-state index contributed by atoms with van der Waals surface area (Å²) >= 11 is 0. The summed E-state index contributed by atoms with van der Waals surface area (Å²) in [7, 11) is 0. The van der Waals surface area contributed by atoms with Gasteiger partial charge in [-0.1, -0.05) is 18.1 Å².